The van der Waals surface area contributed by atoms with Gasteiger partial charge in [0.25, 0.3) is 0 Å². The van der Waals surface area contributed by atoms with Crippen LogP contribution in [0.4, 0.5) is 14.5 Å². The Labute approximate surface area is 148 Å². The van der Waals surface area contributed by atoms with Crippen molar-refractivity contribution in [2.45, 2.75) is 13.0 Å². The molecule has 1 heterocycles. The smallest absolute Gasteiger partial charge is 0.177 e. The normalized spacial score (nSPS) is 16.8. The molecule has 0 radical (unpaired) electrons. The van der Waals surface area contributed by atoms with Gasteiger partial charge >= 0.3 is 0 Å². The lowest BCUT2D eigenvalue weighted by Crippen LogP contribution is -2.14. The minimum Gasteiger partial charge on any atom is -0.494 e. The molecular formula is C17H14Cl2F2N2O. The summed E-state index contributed by atoms with van der Waals surface area (Å²) in [5.41, 5.74) is 0.827. The highest BCUT2D eigenvalue weighted by atomic mass is 35.5. The molecule has 3 nitrogen and oxygen atoms in total. The zero-order chi connectivity index (χ0) is 17.4. The number of aliphatic imine (C=N–C) groups is 1. The van der Waals surface area contributed by atoms with Crippen molar-refractivity contribution < 1.29 is 13.5 Å². The van der Waals surface area contributed by atoms with Crippen LogP contribution in [0.1, 0.15) is 18.1 Å². The van der Waals surface area contributed by atoms with E-state index in [1.807, 2.05) is 6.92 Å². The Morgan fingerprint density at radius 2 is 1.92 bits per heavy atom. The van der Waals surface area contributed by atoms with Gasteiger partial charge in [-0.2, -0.15) is 0 Å². The van der Waals surface area contributed by atoms with Gasteiger partial charge in [0.2, 0.25) is 0 Å². The molecule has 3 rings (SSSR count). The fourth-order valence-corrected chi connectivity index (χ4v) is 3.03. The van der Waals surface area contributed by atoms with E-state index in [4.69, 9.17) is 27.9 Å². The number of fused-ring (bicyclic) bond motifs is 1. The fraction of sp³-hybridized carbons (Fsp3) is 0.235. The maximum Gasteiger partial charge on any atom is 0.177 e. The SMILES string of the molecule is COc1ccc(F)c(C2=NC(C)CNc3ccc(Cl)c(Cl)c32)c1F. The Hall–Kier alpha value is -1.85. The van der Waals surface area contributed by atoms with Crippen LogP contribution in [0.3, 0.4) is 0 Å². The van der Waals surface area contributed by atoms with Crippen LogP contribution in [0.2, 0.25) is 10.0 Å². The molecule has 1 N–H and O–H groups in total. The molecule has 1 aliphatic heterocycles. The van der Waals surface area contributed by atoms with Gasteiger partial charge in [0.1, 0.15) is 5.82 Å². The van der Waals surface area contributed by atoms with E-state index < -0.39 is 11.6 Å². The minimum absolute atomic E-state index is 0.0707. The van der Waals surface area contributed by atoms with E-state index in [1.165, 1.54) is 13.2 Å². The quantitative estimate of drug-likeness (QED) is 0.812. The Kier molecular flexibility index (Phi) is 4.65. The number of methoxy groups -OCH3 is 1. The second-order valence-corrected chi connectivity index (χ2v) is 6.22. The summed E-state index contributed by atoms with van der Waals surface area (Å²) < 4.78 is 34.2. The number of nitrogens with zero attached hydrogens (tertiary/aromatic N) is 1. The largest absolute Gasteiger partial charge is 0.494 e. The van der Waals surface area contributed by atoms with Crippen LogP contribution in [-0.4, -0.2) is 25.4 Å². The molecule has 126 valence electrons. The molecule has 0 amide bonds. The zero-order valence-electron chi connectivity index (χ0n) is 13.0. The van der Waals surface area contributed by atoms with Crippen molar-refractivity contribution in [2.24, 2.45) is 4.99 Å². The van der Waals surface area contributed by atoms with Gasteiger partial charge in [-0.05, 0) is 31.2 Å². The van der Waals surface area contributed by atoms with E-state index in [9.17, 15) is 8.78 Å². The highest BCUT2D eigenvalue weighted by Crippen LogP contribution is 2.37. The number of ether oxygens (including phenoxy) is 1. The van der Waals surface area contributed by atoms with Crippen LogP contribution in [-0.2, 0) is 0 Å². The number of benzene rings is 2. The van der Waals surface area contributed by atoms with Crippen molar-refractivity contribution in [1.29, 1.82) is 0 Å². The summed E-state index contributed by atoms with van der Waals surface area (Å²) in [6.07, 6.45) is 0. The van der Waals surface area contributed by atoms with Crippen LogP contribution in [0.25, 0.3) is 0 Å². The number of hydrogen-bond donors (Lipinski definition) is 1. The number of anilines is 1. The lowest BCUT2D eigenvalue weighted by atomic mass is 9.99. The van der Waals surface area contributed by atoms with E-state index in [0.717, 1.165) is 6.07 Å². The molecule has 2 aromatic rings. The van der Waals surface area contributed by atoms with Gasteiger partial charge in [0.15, 0.2) is 11.6 Å². The number of rotatable bonds is 2. The third-order valence-corrected chi connectivity index (χ3v) is 4.59. The summed E-state index contributed by atoms with van der Waals surface area (Å²) in [4.78, 5) is 4.46. The van der Waals surface area contributed by atoms with Gasteiger partial charge in [0.05, 0.1) is 34.5 Å². The Bertz CT molecular complexity index is 840. The van der Waals surface area contributed by atoms with Crippen LogP contribution in [0.15, 0.2) is 29.3 Å². The Balaban J connectivity index is 2.34. The predicted molar refractivity (Wildman–Crippen MR) is 93.0 cm³/mol. The Morgan fingerprint density at radius 1 is 1.17 bits per heavy atom. The summed E-state index contributed by atoms with van der Waals surface area (Å²) >= 11 is 12.4. The summed E-state index contributed by atoms with van der Waals surface area (Å²) in [5, 5.41) is 3.65. The maximum atomic E-state index is 14.8. The molecule has 0 aliphatic carbocycles. The van der Waals surface area contributed by atoms with E-state index in [0.29, 0.717) is 17.8 Å². The third kappa shape index (κ3) is 2.82. The third-order valence-electron chi connectivity index (χ3n) is 3.78. The first-order chi connectivity index (χ1) is 11.4. The van der Waals surface area contributed by atoms with Crippen molar-refractivity contribution in [3.05, 3.63) is 57.1 Å². The van der Waals surface area contributed by atoms with E-state index in [2.05, 4.69) is 10.3 Å². The Morgan fingerprint density at radius 3 is 2.62 bits per heavy atom. The van der Waals surface area contributed by atoms with Gasteiger partial charge in [-0.15, -0.1) is 0 Å². The van der Waals surface area contributed by atoms with E-state index >= 15 is 0 Å². The lowest BCUT2D eigenvalue weighted by molar-refractivity contribution is 0.383. The first-order valence-electron chi connectivity index (χ1n) is 7.26. The second kappa shape index (κ2) is 6.57. The number of halogens is 4. The van der Waals surface area contributed by atoms with Crippen LogP contribution >= 0.6 is 23.2 Å². The molecule has 1 aliphatic rings. The van der Waals surface area contributed by atoms with Crippen molar-refractivity contribution >= 4 is 34.6 Å². The molecule has 1 atom stereocenters. The van der Waals surface area contributed by atoms with Crippen LogP contribution in [0, 0.1) is 11.6 Å². The maximum absolute atomic E-state index is 14.8. The molecule has 2 aromatic carbocycles. The number of benzodiazepines with no additional fused rings is 1. The van der Waals surface area contributed by atoms with Crippen molar-refractivity contribution in [2.75, 3.05) is 19.0 Å². The average molecular weight is 371 g/mol. The molecule has 0 saturated heterocycles. The first-order valence-corrected chi connectivity index (χ1v) is 8.02. The van der Waals surface area contributed by atoms with Gasteiger partial charge in [-0.25, -0.2) is 8.78 Å². The highest BCUT2D eigenvalue weighted by Gasteiger charge is 2.27. The molecular weight excluding hydrogens is 357 g/mol. The molecule has 0 fully saturated rings. The number of hydrogen-bond acceptors (Lipinski definition) is 3. The highest BCUT2D eigenvalue weighted by molar-refractivity contribution is 6.45. The zero-order valence-corrected chi connectivity index (χ0v) is 14.5. The van der Waals surface area contributed by atoms with Crippen molar-refractivity contribution in [3.63, 3.8) is 0 Å². The summed E-state index contributed by atoms with van der Waals surface area (Å²) in [7, 11) is 1.32. The van der Waals surface area contributed by atoms with Gasteiger partial charge in [-0.1, -0.05) is 23.2 Å². The number of nitrogens with one attached hydrogen (secondary N) is 1. The second-order valence-electron chi connectivity index (χ2n) is 5.43. The molecule has 24 heavy (non-hydrogen) atoms. The fourth-order valence-electron chi connectivity index (χ4n) is 2.62. The minimum atomic E-state index is -0.827. The van der Waals surface area contributed by atoms with E-state index in [-0.39, 0.29) is 33.1 Å². The standard InChI is InChI=1S/C17H14Cl2F2N2O/c1-8-7-22-11-5-3-9(18)15(19)14(11)17(23-8)13-10(20)4-6-12(24-2)16(13)21/h3-6,8,22H,7H2,1-2H3. The lowest BCUT2D eigenvalue weighted by Gasteiger charge is -2.15. The van der Waals surface area contributed by atoms with Crippen molar-refractivity contribution in [3.8, 4) is 5.75 Å². The topological polar surface area (TPSA) is 33.6 Å². The van der Waals surface area contributed by atoms with E-state index in [1.54, 1.807) is 12.1 Å². The first kappa shape index (κ1) is 17.0. The summed E-state index contributed by atoms with van der Waals surface area (Å²) in [5.74, 6) is -1.64. The molecule has 1 unspecified atom stereocenters. The summed E-state index contributed by atoms with van der Waals surface area (Å²) in [6.45, 7) is 2.34. The average Bonchev–Trinajstić information content (AvgIpc) is 2.71. The van der Waals surface area contributed by atoms with Crippen molar-refractivity contribution in [1.82, 2.24) is 0 Å². The van der Waals surface area contributed by atoms with Crippen LogP contribution < -0.4 is 10.1 Å². The molecule has 7 heteroatoms. The van der Waals surface area contributed by atoms with Gasteiger partial charge in [0, 0.05) is 17.8 Å². The molecule has 0 bridgehead atoms. The molecule has 0 aromatic heterocycles. The van der Waals surface area contributed by atoms with Gasteiger partial charge in [-0.3, -0.25) is 4.99 Å². The predicted octanol–water partition coefficient (Wildman–Crippen LogP) is 4.93. The molecule has 0 spiro atoms. The summed E-state index contributed by atoms with van der Waals surface area (Å²) in [6, 6.07) is 5.50. The molecule has 0 saturated carbocycles. The van der Waals surface area contributed by atoms with Gasteiger partial charge < -0.3 is 10.1 Å². The van der Waals surface area contributed by atoms with Crippen LogP contribution in [0.5, 0.6) is 5.75 Å². The monoisotopic (exact) mass is 370 g/mol.